The summed E-state index contributed by atoms with van der Waals surface area (Å²) in [6.07, 6.45) is 0. The predicted octanol–water partition coefficient (Wildman–Crippen LogP) is 2.35. The van der Waals surface area contributed by atoms with Crippen LogP contribution in [0.5, 0.6) is 5.75 Å². The summed E-state index contributed by atoms with van der Waals surface area (Å²) in [4.78, 5) is 12.3. The van der Waals surface area contributed by atoms with Crippen LogP contribution in [0.2, 0.25) is 0 Å². The van der Waals surface area contributed by atoms with E-state index in [1.54, 1.807) is 24.3 Å². The molecule has 0 atom stereocenters. The van der Waals surface area contributed by atoms with Gasteiger partial charge in [0, 0.05) is 25.6 Å². The molecule has 0 aliphatic carbocycles. The highest BCUT2D eigenvalue weighted by atomic mass is 19.1. The molecule has 4 nitrogen and oxygen atoms in total. The van der Waals surface area contributed by atoms with Gasteiger partial charge >= 0.3 is 0 Å². The maximum atomic E-state index is 12.9. The first kappa shape index (κ1) is 15.5. The number of para-hydroxylation sites is 1. The number of nitrogens with one attached hydrogen (secondary N) is 2. The average molecular weight is 314 g/mol. The minimum Gasteiger partial charge on any atom is -0.488 e. The van der Waals surface area contributed by atoms with Gasteiger partial charge in [0.2, 0.25) is 0 Å². The maximum Gasteiger partial charge on any atom is 0.255 e. The SMILES string of the molecule is O=C(NCC1CNC1)c1ccccc1OCc1ccc(F)cc1. The highest BCUT2D eigenvalue weighted by Gasteiger charge is 2.19. The lowest BCUT2D eigenvalue weighted by atomic mass is 10.0. The third-order valence-electron chi connectivity index (χ3n) is 3.86. The van der Waals surface area contributed by atoms with Gasteiger partial charge in [-0.3, -0.25) is 4.79 Å². The van der Waals surface area contributed by atoms with E-state index in [-0.39, 0.29) is 18.3 Å². The van der Waals surface area contributed by atoms with Crippen molar-refractivity contribution >= 4 is 5.91 Å². The third-order valence-corrected chi connectivity index (χ3v) is 3.86. The number of benzene rings is 2. The number of halogens is 1. The van der Waals surface area contributed by atoms with Crippen molar-refractivity contribution in [3.05, 3.63) is 65.5 Å². The molecule has 2 aromatic rings. The molecule has 0 spiro atoms. The Balaban J connectivity index is 1.62. The van der Waals surface area contributed by atoms with Gasteiger partial charge in [-0.25, -0.2) is 4.39 Å². The van der Waals surface area contributed by atoms with Crippen LogP contribution in [0, 0.1) is 11.7 Å². The lowest BCUT2D eigenvalue weighted by Crippen LogP contribution is -2.48. The molecule has 1 aliphatic heterocycles. The Kier molecular flexibility index (Phi) is 4.88. The summed E-state index contributed by atoms with van der Waals surface area (Å²) < 4.78 is 18.6. The van der Waals surface area contributed by atoms with Gasteiger partial charge in [-0.1, -0.05) is 24.3 Å². The van der Waals surface area contributed by atoms with Gasteiger partial charge < -0.3 is 15.4 Å². The van der Waals surface area contributed by atoms with Crippen molar-refractivity contribution in [2.24, 2.45) is 5.92 Å². The Morgan fingerprint density at radius 2 is 1.91 bits per heavy atom. The van der Waals surface area contributed by atoms with Gasteiger partial charge in [-0.15, -0.1) is 0 Å². The Labute approximate surface area is 134 Å². The fraction of sp³-hybridized carbons (Fsp3) is 0.278. The van der Waals surface area contributed by atoms with Crippen LogP contribution < -0.4 is 15.4 Å². The van der Waals surface area contributed by atoms with Crippen LogP contribution in [-0.4, -0.2) is 25.5 Å². The minimum atomic E-state index is -0.279. The van der Waals surface area contributed by atoms with Crippen molar-refractivity contribution < 1.29 is 13.9 Å². The molecule has 1 fully saturated rings. The summed E-state index contributed by atoms with van der Waals surface area (Å²) in [5.41, 5.74) is 1.36. The first-order chi connectivity index (χ1) is 11.2. The van der Waals surface area contributed by atoms with Crippen LogP contribution in [0.4, 0.5) is 4.39 Å². The number of carbonyl (C=O) groups excluding carboxylic acids is 1. The molecule has 0 unspecified atom stereocenters. The Morgan fingerprint density at radius 3 is 2.61 bits per heavy atom. The van der Waals surface area contributed by atoms with Crippen molar-refractivity contribution in [1.29, 1.82) is 0 Å². The summed E-state index contributed by atoms with van der Waals surface area (Å²) in [6.45, 7) is 2.85. The van der Waals surface area contributed by atoms with E-state index in [0.717, 1.165) is 18.7 Å². The fourth-order valence-corrected chi connectivity index (χ4v) is 2.35. The van der Waals surface area contributed by atoms with Gasteiger partial charge in [0.15, 0.2) is 0 Å². The van der Waals surface area contributed by atoms with Crippen LogP contribution in [0.1, 0.15) is 15.9 Å². The number of carbonyl (C=O) groups is 1. The van der Waals surface area contributed by atoms with E-state index in [4.69, 9.17) is 4.74 Å². The zero-order valence-corrected chi connectivity index (χ0v) is 12.7. The summed E-state index contributed by atoms with van der Waals surface area (Å²) in [5, 5.41) is 6.11. The smallest absolute Gasteiger partial charge is 0.255 e. The van der Waals surface area contributed by atoms with Crippen molar-refractivity contribution in [2.45, 2.75) is 6.61 Å². The van der Waals surface area contributed by atoms with Crippen molar-refractivity contribution in [3.8, 4) is 5.75 Å². The largest absolute Gasteiger partial charge is 0.488 e. The molecule has 1 aliphatic rings. The standard InChI is InChI=1S/C18H19FN2O2/c19-15-7-5-13(6-8-15)12-23-17-4-2-1-3-16(17)18(22)21-11-14-9-20-10-14/h1-8,14,20H,9-12H2,(H,21,22). The summed E-state index contributed by atoms with van der Waals surface area (Å²) in [6, 6.07) is 13.3. The van der Waals surface area contributed by atoms with Crippen LogP contribution in [0.15, 0.2) is 48.5 Å². The summed E-state index contributed by atoms with van der Waals surface area (Å²) >= 11 is 0. The second-order valence-electron chi connectivity index (χ2n) is 5.65. The Bertz CT molecular complexity index is 669. The van der Waals surface area contributed by atoms with Crippen LogP contribution in [0.25, 0.3) is 0 Å². The quantitative estimate of drug-likeness (QED) is 0.860. The number of hydrogen-bond acceptors (Lipinski definition) is 3. The topological polar surface area (TPSA) is 50.4 Å². The van der Waals surface area contributed by atoms with Crippen LogP contribution >= 0.6 is 0 Å². The molecule has 120 valence electrons. The van der Waals surface area contributed by atoms with E-state index in [1.807, 2.05) is 12.1 Å². The molecule has 0 bridgehead atoms. The first-order valence-electron chi connectivity index (χ1n) is 7.67. The van der Waals surface area contributed by atoms with E-state index in [2.05, 4.69) is 10.6 Å². The second-order valence-corrected chi connectivity index (χ2v) is 5.65. The molecule has 2 aromatic carbocycles. The molecule has 1 amide bonds. The third kappa shape index (κ3) is 4.07. The minimum absolute atomic E-state index is 0.133. The Morgan fingerprint density at radius 1 is 1.17 bits per heavy atom. The van der Waals surface area contributed by atoms with E-state index < -0.39 is 0 Å². The highest BCUT2D eigenvalue weighted by Crippen LogP contribution is 2.19. The van der Waals surface area contributed by atoms with Crippen molar-refractivity contribution in [2.75, 3.05) is 19.6 Å². The van der Waals surface area contributed by atoms with Gasteiger partial charge in [0.05, 0.1) is 5.56 Å². The van der Waals surface area contributed by atoms with Crippen LogP contribution in [0.3, 0.4) is 0 Å². The number of hydrogen-bond donors (Lipinski definition) is 2. The number of rotatable bonds is 6. The number of amides is 1. The molecule has 0 radical (unpaired) electrons. The molecule has 0 saturated carbocycles. The summed E-state index contributed by atoms with van der Waals surface area (Å²) in [7, 11) is 0. The zero-order chi connectivity index (χ0) is 16.1. The lowest BCUT2D eigenvalue weighted by molar-refractivity contribution is 0.0937. The van der Waals surface area contributed by atoms with Gasteiger partial charge in [0.1, 0.15) is 18.2 Å². The zero-order valence-electron chi connectivity index (χ0n) is 12.7. The molecule has 1 heterocycles. The molecule has 5 heteroatoms. The fourth-order valence-electron chi connectivity index (χ4n) is 2.35. The van der Waals surface area contributed by atoms with E-state index >= 15 is 0 Å². The number of ether oxygens (including phenoxy) is 1. The van der Waals surface area contributed by atoms with E-state index in [9.17, 15) is 9.18 Å². The maximum absolute atomic E-state index is 12.9. The highest BCUT2D eigenvalue weighted by molar-refractivity contribution is 5.96. The monoisotopic (exact) mass is 314 g/mol. The van der Waals surface area contributed by atoms with Gasteiger partial charge in [0.25, 0.3) is 5.91 Å². The first-order valence-corrected chi connectivity index (χ1v) is 7.67. The van der Waals surface area contributed by atoms with Crippen LogP contribution in [-0.2, 0) is 6.61 Å². The molecular formula is C18H19FN2O2. The molecule has 23 heavy (non-hydrogen) atoms. The van der Waals surface area contributed by atoms with Crippen molar-refractivity contribution in [3.63, 3.8) is 0 Å². The molecule has 1 saturated heterocycles. The van der Waals surface area contributed by atoms with E-state index in [0.29, 0.717) is 23.8 Å². The lowest BCUT2D eigenvalue weighted by Gasteiger charge is -2.27. The second kappa shape index (κ2) is 7.24. The van der Waals surface area contributed by atoms with Gasteiger partial charge in [-0.2, -0.15) is 0 Å². The predicted molar refractivity (Wildman–Crippen MR) is 85.9 cm³/mol. The molecule has 0 aromatic heterocycles. The Hall–Kier alpha value is -2.40. The average Bonchev–Trinajstić information content (AvgIpc) is 2.53. The normalized spacial score (nSPS) is 14.1. The van der Waals surface area contributed by atoms with Crippen molar-refractivity contribution in [1.82, 2.24) is 10.6 Å². The van der Waals surface area contributed by atoms with E-state index in [1.165, 1.54) is 12.1 Å². The molecule has 2 N–H and O–H groups in total. The molecule has 3 rings (SSSR count). The molecular weight excluding hydrogens is 295 g/mol. The van der Waals surface area contributed by atoms with Gasteiger partial charge in [-0.05, 0) is 29.8 Å². The summed E-state index contributed by atoms with van der Waals surface area (Å²) in [5.74, 6) is 0.623.